The first-order chi connectivity index (χ1) is 29.0. The second-order valence-electron chi connectivity index (χ2n) is 23.6. The molecule has 0 saturated carbocycles. The molecule has 6 aromatic carbocycles. The molecule has 62 heavy (non-hydrogen) atoms. The van der Waals surface area contributed by atoms with E-state index in [1.54, 1.807) is 21.5 Å². The van der Waals surface area contributed by atoms with Crippen molar-refractivity contribution in [3.05, 3.63) is 188 Å². The van der Waals surface area contributed by atoms with E-state index < -0.39 is 28.0 Å². The Labute approximate surface area is 380 Å². The third kappa shape index (κ3) is 6.93. The van der Waals surface area contributed by atoms with Crippen molar-refractivity contribution in [2.45, 2.75) is 121 Å². The molecular weight excluding hydrogens is 927 g/mol. The molecule has 1 aliphatic heterocycles. The summed E-state index contributed by atoms with van der Waals surface area (Å²) in [4.78, 5) is 0. The molecule has 2 unspecified atom stereocenters. The van der Waals surface area contributed by atoms with Crippen LogP contribution in [-0.4, -0.2) is 8.07 Å². The van der Waals surface area contributed by atoms with Gasteiger partial charge in [-0.25, -0.2) is 0 Å². The Morgan fingerprint density at radius 1 is 0.387 bits per heavy atom. The van der Waals surface area contributed by atoms with Crippen LogP contribution in [0.3, 0.4) is 0 Å². The van der Waals surface area contributed by atoms with Gasteiger partial charge in [0.1, 0.15) is 0 Å². The van der Waals surface area contributed by atoms with Crippen LogP contribution in [0.1, 0.15) is 135 Å². The summed E-state index contributed by atoms with van der Waals surface area (Å²) in [6, 6.07) is 53.3. The summed E-state index contributed by atoms with van der Waals surface area (Å²) >= 11 is -3.49. The van der Waals surface area contributed by atoms with Gasteiger partial charge < -0.3 is 0 Å². The molecular formula is C60H68HfSi. The summed E-state index contributed by atoms with van der Waals surface area (Å²) in [5.74, 6) is 0. The second kappa shape index (κ2) is 14.7. The summed E-state index contributed by atoms with van der Waals surface area (Å²) in [6.07, 6.45) is 5.54. The fourth-order valence-electron chi connectivity index (χ4n) is 11.4. The van der Waals surface area contributed by atoms with Crippen LogP contribution in [-0.2, 0) is 41.6 Å². The molecule has 0 radical (unpaired) electrons. The number of hydrogen-bond acceptors (Lipinski definition) is 0. The average Bonchev–Trinajstić information content (AvgIpc) is 3.82. The Kier molecular flexibility index (Phi) is 10.2. The van der Waals surface area contributed by atoms with Crippen LogP contribution in [0.5, 0.6) is 0 Å². The van der Waals surface area contributed by atoms with E-state index >= 15 is 0 Å². The summed E-state index contributed by atoms with van der Waals surface area (Å²) in [7, 11) is -2.81. The number of allylic oxidation sites excluding steroid dienone is 2. The molecule has 0 aromatic heterocycles. The first kappa shape index (κ1) is 43.2. The Morgan fingerprint density at radius 2 is 0.710 bits per heavy atom. The minimum absolute atomic E-state index is 0.0424. The van der Waals surface area contributed by atoms with Crippen molar-refractivity contribution >= 4 is 30.6 Å². The molecule has 2 atom stereocenters. The van der Waals surface area contributed by atoms with E-state index in [-0.39, 0.29) is 21.7 Å². The van der Waals surface area contributed by atoms with Crippen molar-refractivity contribution in [3.8, 4) is 22.3 Å². The van der Waals surface area contributed by atoms with E-state index in [4.69, 9.17) is 0 Å². The van der Waals surface area contributed by atoms with Crippen molar-refractivity contribution in [2.24, 2.45) is 0 Å². The van der Waals surface area contributed by atoms with Gasteiger partial charge in [0, 0.05) is 0 Å². The van der Waals surface area contributed by atoms with Crippen LogP contribution in [0.25, 0.3) is 34.4 Å². The molecule has 6 aromatic rings. The van der Waals surface area contributed by atoms with Crippen LogP contribution in [0.15, 0.2) is 144 Å². The first-order valence-corrected chi connectivity index (χ1v) is 36.5. The Hall–Kier alpha value is -4.11. The third-order valence-electron chi connectivity index (χ3n) is 14.8. The van der Waals surface area contributed by atoms with Gasteiger partial charge >= 0.3 is 383 Å². The Balaban J connectivity index is 1.36. The predicted octanol–water partition coefficient (Wildman–Crippen LogP) is 15.4. The van der Waals surface area contributed by atoms with E-state index in [1.807, 2.05) is 0 Å². The molecule has 1 fully saturated rings. The standard InChI is InChI=1S/C58H62Si.2CH3.Hf/c1-55(2,3)43-29-41(30-44(35-43)56(4,5)6)51-27-19-21-39-33-49(37-53(39)51)59(47-23-15-13-16-24-47,48-25-17-14-18-26-48)50-34-40-22-20-28-52(54(40)38-50)42-31-45(57(7,8)9)36-46(32-42)58(10,11)12;;;/h13-38H,1-12H3;2*1H3;. The van der Waals surface area contributed by atoms with E-state index in [1.165, 1.54) is 66.0 Å². The Bertz CT molecular complexity index is 2530. The van der Waals surface area contributed by atoms with Gasteiger partial charge in [-0.15, -0.1) is 0 Å². The fourth-order valence-corrected chi connectivity index (χ4v) is 42.6. The van der Waals surface area contributed by atoms with E-state index in [0.717, 1.165) is 0 Å². The summed E-state index contributed by atoms with van der Waals surface area (Å²) in [5.41, 5.74) is 17.4. The fraction of sp³-hybridized carbons (Fsp3) is 0.333. The molecule has 2 heteroatoms. The first-order valence-electron chi connectivity index (χ1n) is 23.2. The quantitative estimate of drug-likeness (QED) is 0.154. The van der Waals surface area contributed by atoms with Gasteiger partial charge in [0.25, 0.3) is 0 Å². The summed E-state index contributed by atoms with van der Waals surface area (Å²) in [5, 5.41) is 6.49. The van der Waals surface area contributed by atoms with Gasteiger partial charge in [-0.05, 0) is 0 Å². The molecule has 0 N–H and O–H groups in total. The van der Waals surface area contributed by atoms with Gasteiger partial charge in [-0.3, -0.25) is 0 Å². The van der Waals surface area contributed by atoms with Gasteiger partial charge in [0.2, 0.25) is 0 Å². The van der Waals surface area contributed by atoms with E-state index in [2.05, 4.69) is 238 Å². The SMILES string of the molecule is CC(C)(C)c1cc(-c2cccc3c2C=C2[CH]3[Hf]([CH3])([CH3])[CH]3C(=Cc4c(-c5cc(C(C)(C)C)cc(C(C)(C)C)c5)cccc43)[Si]2(c2ccccc2)c2ccccc2)cc(C(C)(C)C)c1. The van der Waals surface area contributed by atoms with Crippen molar-refractivity contribution in [2.75, 3.05) is 0 Å². The van der Waals surface area contributed by atoms with Gasteiger partial charge in [0.15, 0.2) is 0 Å². The van der Waals surface area contributed by atoms with Crippen LogP contribution in [0.2, 0.25) is 9.36 Å². The Morgan fingerprint density at radius 3 is 1.02 bits per heavy atom. The third-order valence-corrected chi connectivity index (χ3v) is 37.1. The molecule has 0 nitrogen and oxygen atoms in total. The van der Waals surface area contributed by atoms with Crippen molar-refractivity contribution in [1.82, 2.24) is 0 Å². The zero-order valence-corrected chi connectivity index (χ0v) is 44.6. The van der Waals surface area contributed by atoms with Crippen LogP contribution < -0.4 is 10.4 Å². The molecule has 2 aliphatic carbocycles. The zero-order chi connectivity index (χ0) is 44.4. The molecule has 0 bridgehead atoms. The number of rotatable bonds is 4. The maximum absolute atomic E-state index is 3.49. The van der Waals surface area contributed by atoms with Gasteiger partial charge in [-0.1, -0.05) is 0 Å². The predicted molar refractivity (Wildman–Crippen MR) is 270 cm³/mol. The average molecular weight is 996 g/mol. The normalized spacial score (nSPS) is 18.9. The minimum atomic E-state index is -3.49. The monoisotopic (exact) mass is 996 g/mol. The summed E-state index contributed by atoms with van der Waals surface area (Å²) in [6.45, 7) is 28.4. The van der Waals surface area contributed by atoms with Gasteiger partial charge in [-0.2, -0.15) is 0 Å². The molecule has 0 spiro atoms. The molecule has 316 valence electrons. The van der Waals surface area contributed by atoms with Crippen LogP contribution in [0.4, 0.5) is 0 Å². The molecule has 1 heterocycles. The van der Waals surface area contributed by atoms with Crippen LogP contribution in [0, 0.1) is 0 Å². The van der Waals surface area contributed by atoms with Gasteiger partial charge in [0.05, 0.1) is 0 Å². The maximum atomic E-state index is 2.82. The number of fused-ring (bicyclic) bond motifs is 6. The molecule has 1 saturated heterocycles. The molecule has 0 amide bonds. The zero-order valence-electron chi connectivity index (χ0n) is 40.0. The molecule has 9 rings (SSSR count). The van der Waals surface area contributed by atoms with E-state index in [9.17, 15) is 0 Å². The topological polar surface area (TPSA) is 0 Å². The van der Waals surface area contributed by atoms with Crippen molar-refractivity contribution < 1.29 is 20.0 Å². The second-order valence-corrected chi connectivity index (χ2v) is 44.6. The molecule has 3 aliphatic rings. The van der Waals surface area contributed by atoms with Crippen molar-refractivity contribution in [1.29, 1.82) is 0 Å². The van der Waals surface area contributed by atoms with E-state index in [0.29, 0.717) is 7.35 Å². The van der Waals surface area contributed by atoms with Crippen molar-refractivity contribution in [3.63, 3.8) is 0 Å². The summed E-state index contributed by atoms with van der Waals surface area (Å²) < 4.78 is 6.56. The number of benzene rings is 6. The van der Waals surface area contributed by atoms with Crippen LogP contribution >= 0.6 is 0 Å². The number of hydrogen-bond donors (Lipinski definition) is 0.